The molecular weight excluding hydrogens is 356 g/mol. The quantitative estimate of drug-likeness (QED) is 0.884. The number of aryl methyl sites for hydroxylation is 1. The van der Waals surface area contributed by atoms with E-state index >= 15 is 0 Å². The summed E-state index contributed by atoms with van der Waals surface area (Å²) in [5.41, 5.74) is 1.78. The van der Waals surface area contributed by atoms with Gasteiger partial charge < -0.3 is 10.2 Å². The molecule has 0 saturated carbocycles. The molecule has 1 saturated heterocycles. The van der Waals surface area contributed by atoms with Crippen LogP contribution in [0.1, 0.15) is 18.9 Å². The van der Waals surface area contributed by atoms with E-state index in [9.17, 15) is 13.2 Å². The van der Waals surface area contributed by atoms with Crippen LogP contribution in [0.2, 0.25) is 0 Å². The highest BCUT2D eigenvalue weighted by Crippen LogP contribution is 2.25. The molecule has 1 aliphatic heterocycles. The summed E-state index contributed by atoms with van der Waals surface area (Å²) in [6, 6.07) is 5.17. The Morgan fingerprint density at radius 1 is 1.48 bits per heavy atom. The molecule has 116 valence electrons. The zero-order chi connectivity index (χ0) is 15.6. The minimum absolute atomic E-state index is 0.0589. The number of amides is 2. The number of nitrogens with one attached hydrogen (secondary N) is 1. The largest absolute Gasteiger partial charge is 0.322 e. The van der Waals surface area contributed by atoms with Crippen molar-refractivity contribution in [1.29, 1.82) is 0 Å². The number of rotatable bonds is 3. The van der Waals surface area contributed by atoms with Gasteiger partial charge in [-0.05, 0) is 53.9 Å². The van der Waals surface area contributed by atoms with Gasteiger partial charge in [0.15, 0.2) is 9.84 Å². The lowest BCUT2D eigenvalue weighted by molar-refractivity contribution is 0.197. The molecule has 1 N–H and O–H groups in total. The number of benzene rings is 1. The smallest absolute Gasteiger partial charge is 0.321 e. The Morgan fingerprint density at radius 3 is 2.71 bits per heavy atom. The van der Waals surface area contributed by atoms with E-state index in [0.29, 0.717) is 18.7 Å². The fourth-order valence-corrected chi connectivity index (χ4v) is 4.82. The van der Waals surface area contributed by atoms with Crippen molar-refractivity contribution in [2.24, 2.45) is 0 Å². The fraction of sp³-hybridized carbons (Fsp3) is 0.500. The first-order chi connectivity index (χ1) is 9.82. The molecule has 1 heterocycles. The van der Waals surface area contributed by atoms with Crippen molar-refractivity contribution >= 4 is 37.5 Å². The molecule has 2 amide bonds. The number of sulfone groups is 1. The van der Waals surface area contributed by atoms with E-state index in [1.54, 1.807) is 4.90 Å². The topological polar surface area (TPSA) is 66.5 Å². The van der Waals surface area contributed by atoms with Gasteiger partial charge in [0.25, 0.3) is 0 Å². The number of hydrogen-bond acceptors (Lipinski definition) is 3. The van der Waals surface area contributed by atoms with Crippen LogP contribution in [-0.2, 0) is 9.84 Å². The Kier molecular flexibility index (Phi) is 4.93. The van der Waals surface area contributed by atoms with Gasteiger partial charge in [0.05, 0.1) is 17.2 Å². The first-order valence-corrected chi connectivity index (χ1v) is 9.48. The molecule has 21 heavy (non-hydrogen) atoms. The van der Waals surface area contributed by atoms with Crippen molar-refractivity contribution in [2.75, 3.05) is 23.4 Å². The van der Waals surface area contributed by atoms with Gasteiger partial charge in [-0.1, -0.05) is 6.07 Å². The molecule has 1 aromatic carbocycles. The Bertz CT molecular complexity index is 646. The Labute approximate surface area is 133 Å². The number of halogens is 1. The maximum atomic E-state index is 12.4. The molecule has 1 fully saturated rings. The van der Waals surface area contributed by atoms with Crippen LogP contribution < -0.4 is 5.32 Å². The maximum absolute atomic E-state index is 12.4. The van der Waals surface area contributed by atoms with Crippen molar-refractivity contribution in [3.8, 4) is 0 Å². The van der Waals surface area contributed by atoms with E-state index in [-0.39, 0.29) is 23.6 Å². The number of anilines is 1. The third-order valence-electron chi connectivity index (χ3n) is 3.62. The highest BCUT2D eigenvalue weighted by atomic mass is 79.9. The van der Waals surface area contributed by atoms with Crippen molar-refractivity contribution in [1.82, 2.24) is 4.90 Å². The molecule has 0 aromatic heterocycles. The number of nitrogens with zero attached hydrogens (tertiary/aromatic N) is 1. The minimum Gasteiger partial charge on any atom is -0.321 e. The van der Waals surface area contributed by atoms with Crippen molar-refractivity contribution in [2.45, 2.75) is 26.3 Å². The predicted octanol–water partition coefficient (Wildman–Crippen LogP) is 2.80. The van der Waals surface area contributed by atoms with Crippen LogP contribution in [0.15, 0.2) is 22.7 Å². The van der Waals surface area contributed by atoms with Gasteiger partial charge in [-0.15, -0.1) is 0 Å². The van der Waals surface area contributed by atoms with E-state index in [0.717, 1.165) is 10.0 Å². The Morgan fingerprint density at radius 2 is 2.19 bits per heavy atom. The summed E-state index contributed by atoms with van der Waals surface area (Å²) >= 11 is 3.42. The molecular formula is C14H19BrN2O3S. The number of hydrogen-bond donors (Lipinski definition) is 1. The average molecular weight is 375 g/mol. The van der Waals surface area contributed by atoms with Gasteiger partial charge in [0.2, 0.25) is 0 Å². The van der Waals surface area contributed by atoms with E-state index in [1.165, 1.54) is 0 Å². The second kappa shape index (κ2) is 6.36. The summed E-state index contributed by atoms with van der Waals surface area (Å²) in [6.07, 6.45) is 0.513. The molecule has 5 nitrogen and oxygen atoms in total. The first-order valence-electron chi connectivity index (χ1n) is 6.86. The van der Waals surface area contributed by atoms with Gasteiger partial charge in [0, 0.05) is 17.1 Å². The summed E-state index contributed by atoms with van der Waals surface area (Å²) in [5.74, 6) is 0.221. The average Bonchev–Trinajstić information content (AvgIpc) is 2.74. The van der Waals surface area contributed by atoms with Crippen LogP contribution in [0.3, 0.4) is 0 Å². The highest BCUT2D eigenvalue weighted by molar-refractivity contribution is 9.10. The fourth-order valence-electron chi connectivity index (χ4n) is 2.50. The Balaban J connectivity index is 2.10. The summed E-state index contributed by atoms with van der Waals surface area (Å²) in [4.78, 5) is 14.0. The van der Waals surface area contributed by atoms with Crippen LogP contribution in [-0.4, -0.2) is 43.4 Å². The van der Waals surface area contributed by atoms with Gasteiger partial charge in [-0.3, -0.25) is 0 Å². The lowest BCUT2D eigenvalue weighted by Crippen LogP contribution is -2.43. The molecule has 0 bridgehead atoms. The molecule has 0 spiro atoms. The molecule has 1 aliphatic rings. The van der Waals surface area contributed by atoms with Crippen LogP contribution >= 0.6 is 15.9 Å². The normalized spacial score (nSPS) is 20.2. The highest BCUT2D eigenvalue weighted by Gasteiger charge is 2.34. The minimum atomic E-state index is -3.00. The van der Waals surface area contributed by atoms with Crippen molar-refractivity contribution in [3.63, 3.8) is 0 Å². The summed E-state index contributed by atoms with van der Waals surface area (Å²) in [6.45, 7) is 4.31. The second-order valence-electron chi connectivity index (χ2n) is 5.26. The lowest BCUT2D eigenvalue weighted by Gasteiger charge is -2.27. The summed E-state index contributed by atoms with van der Waals surface area (Å²) in [7, 11) is -3.00. The third-order valence-corrected chi connectivity index (χ3v) is 6.02. The zero-order valence-electron chi connectivity index (χ0n) is 12.1. The molecule has 7 heteroatoms. The van der Waals surface area contributed by atoms with Gasteiger partial charge in [0.1, 0.15) is 0 Å². The van der Waals surface area contributed by atoms with Gasteiger partial charge >= 0.3 is 6.03 Å². The molecule has 1 unspecified atom stereocenters. The molecule has 1 atom stereocenters. The van der Waals surface area contributed by atoms with Crippen LogP contribution in [0, 0.1) is 6.92 Å². The number of urea groups is 1. The maximum Gasteiger partial charge on any atom is 0.322 e. The van der Waals surface area contributed by atoms with Crippen molar-refractivity contribution in [3.05, 3.63) is 28.2 Å². The number of carbonyl (C=O) groups excluding carboxylic acids is 1. The van der Waals surface area contributed by atoms with Crippen molar-refractivity contribution < 1.29 is 13.2 Å². The molecule has 2 rings (SSSR count). The molecule has 1 aromatic rings. The SMILES string of the molecule is CCN(C(=O)Nc1ccc(C)cc1Br)C1CCS(=O)(=O)C1. The Hall–Kier alpha value is -1.08. The summed E-state index contributed by atoms with van der Waals surface area (Å²) in [5, 5.41) is 2.84. The standard InChI is InChI=1S/C14H19BrN2O3S/c1-3-17(11-6-7-21(19,20)9-11)14(18)16-13-5-4-10(2)8-12(13)15/h4-5,8,11H,3,6-7,9H2,1-2H3,(H,16,18). The van der Waals surface area contributed by atoms with Crippen LogP contribution in [0.5, 0.6) is 0 Å². The zero-order valence-corrected chi connectivity index (χ0v) is 14.5. The predicted molar refractivity (Wildman–Crippen MR) is 87.3 cm³/mol. The van der Waals surface area contributed by atoms with E-state index in [1.807, 2.05) is 32.0 Å². The summed E-state index contributed by atoms with van der Waals surface area (Å²) < 4.78 is 23.9. The monoisotopic (exact) mass is 374 g/mol. The van der Waals surface area contributed by atoms with E-state index < -0.39 is 9.84 Å². The van der Waals surface area contributed by atoms with Crippen LogP contribution in [0.4, 0.5) is 10.5 Å². The molecule has 0 aliphatic carbocycles. The molecule has 0 radical (unpaired) electrons. The van der Waals surface area contributed by atoms with Gasteiger partial charge in [-0.25, -0.2) is 13.2 Å². The van der Waals surface area contributed by atoms with E-state index in [4.69, 9.17) is 0 Å². The third kappa shape index (κ3) is 3.97. The van der Waals surface area contributed by atoms with E-state index in [2.05, 4.69) is 21.2 Å². The first kappa shape index (κ1) is 16.3. The lowest BCUT2D eigenvalue weighted by atomic mass is 10.2. The number of carbonyl (C=O) groups is 1. The van der Waals surface area contributed by atoms with Gasteiger partial charge in [-0.2, -0.15) is 0 Å². The van der Waals surface area contributed by atoms with Crippen LogP contribution in [0.25, 0.3) is 0 Å². The second-order valence-corrected chi connectivity index (χ2v) is 8.34.